The first kappa shape index (κ1) is 13.3. The smallest absolute Gasteiger partial charge is 0.0782 e. The molecular weight excluding hydrogens is 242 g/mol. The molecule has 0 aliphatic heterocycles. The molecule has 2 rings (SSSR count). The van der Waals surface area contributed by atoms with Gasteiger partial charge in [-0.1, -0.05) is 18.2 Å². The number of aryl methyl sites for hydroxylation is 1. The van der Waals surface area contributed by atoms with E-state index >= 15 is 0 Å². The standard InChI is InChI=1S/C14H17N3O2/c1-9-11(7-8-15)10(2)17(16-9)13-6-4-3-5-12(13)14(18)19/h3-6H,7-8,15H2,1-2H3,(H,18,19). The molecule has 5 heteroatoms. The van der Waals surface area contributed by atoms with E-state index in [1.807, 2.05) is 13.8 Å². The lowest BCUT2D eigenvalue weighted by molar-refractivity contribution is -0.366. The van der Waals surface area contributed by atoms with Crippen LogP contribution in [0.2, 0.25) is 0 Å². The van der Waals surface area contributed by atoms with Gasteiger partial charge >= 0.3 is 0 Å². The van der Waals surface area contributed by atoms with E-state index in [4.69, 9.17) is 0 Å². The molecule has 0 radical (unpaired) electrons. The Hall–Kier alpha value is -2.14. The number of para-hydroxylation sites is 1. The summed E-state index contributed by atoms with van der Waals surface area (Å²) in [6, 6.07) is 6.73. The second-order valence-electron chi connectivity index (χ2n) is 4.47. The number of carbonyl (C=O) groups is 1. The van der Waals surface area contributed by atoms with Crippen molar-refractivity contribution in [3.8, 4) is 5.69 Å². The van der Waals surface area contributed by atoms with Crippen LogP contribution in [-0.2, 0) is 6.42 Å². The van der Waals surface area contributed by atoms with Crippen LogP contribution in [0.15, 0.2) is 24.3 Å². The molecule has 0 spiro atoms. The molecule has 1 aromatic heterocycles. The lowest BCUT2D eigenvalue weighted by Gasteiger charge is -2.11. The molecule has 1 aromatic carbocycles. The largest absolute Gasteiger partial charge is 0.545 e. The van der Waals surface area contributed by atoms with Crippen LogP contribution in [0, 0.1) is 13.8 Å². The number of nitrogens with zero attached hydrogens (tertiary/aromatic N) is 2. The van der Waals surface area contributed by atoms with Gasteiger partial charge in [0.15, 0.2) is 0 Å². The molecule has 0 amide bonds. The van der Waals surface area contributed by atoms with Crippen LogP contribution in [0.3, 0.4) is 0 Å². The fourth-order valence-corrected chi connectivity index (χ4v) is 2.28. The molecule has 0 fully saturated rings. The number of hydrogen-bond donors (Lipinski definition) is 1. The Balaban J connectivity index is 2.60. The van der Waals surface area contributed by atoms with Crippen molar-refractivity contribution in [1.29, 1.82) is 0 Å². The third kappa shape index (κ3) is 2.37. The first-order valence-electron chi connectivity index (χ1n) is 6.21. The maximum absolute atomic E-state index is 11.2. The lowest BCUT2D eigenvalue weighted by Crippen LogP contribution is -2.51. The first-order chi connectivity index (χ1) is 9.06. The maximum atomic E-state index is 11.2. The Labute approximate surface area is 111 Å². The maximum Gasteiger partial charge on any atom is 0.0782 e. The fraction of sp³-hybridized carbons (Fsp3) is 0.286. The molecule has 1 heterocycles. The van der Waals surface area contributed by atoms with Gasteiger partial charge in [-0.05, 0) is 19.9 Å². The third-order valence-corrected chi connectivity index (χ3v) is 3.22. The summed E-state index contributed by atoms with van der Waals surface area (Å²) in [5, 5.41) is 15.6. The highest BCUT2D eigenvalue weighted by Crippen LogP contribution is 2.20. The van der Waals surface area contributed by atoms with E-state index in [2.05, 4.69) is 10.8 Å². The Kier molecular flexibility index (Phi) is 3.66. The van der Waals surface area contributed by atoms with Gasteiger partial charge in [-0.15, -0.1) is 0 Å². The quantitative estimate of drug-likeness (QED) is 0.813. The first-order valence-corrected chi connectivity index (χ1v) is 6.21. The Bertz CT molecular complexity index is 617. The number of aromatic nitrogens is 2. The van der Waals surface area contributed by atoms with Crippen molar-refractivity contribution in [2.75, 3.05) is 6.54 Å². The van der Waals surface area contributed by atoms with Crippen LogP contribution in [0.1, 0.15) is 27.3 Å². The Morgan fingerprint density at radius 1 is 1.37 bits per heavy atom. The predicted octanol–water partition coefficient (Wildman–Crippen LogP) is -0.363. The number of aromatic carboxylic acids is 1. The van der Waals surface area contributed by atoms with E-state index < -0.39 is 5.97 Å². The summed E-state index contributed by atoms with van der Waals surface area (Å²) in [5.74, 6) is -1.19. The van der Waals surface area contributed by atoms with Crippen LogP contribution in [0.5, 0.6) is 0 Å². The van der Waals surface area contributed by atoms with Crippen molar-refractivity contribution in [1.82, 2.24) is 9.78 Å². The van der Waals surface area contributed by atoms with Crippen molar-refractivity contribution in [3.05, 3.63) is 46.8 Å². The van der Waals surface area contributed by atoms with Gasteiger partial charge in [0.2, 0.25) is 0 Å². The number of carboxylic acids is 1. The average Bonchev–Trinajstić information content (AvgIpc) is 2.67. The summed E-state index contributed by atoms with van der Waals surface area (Å²) in [5.41, 5.74) is 7.53. The molecule has 0 saturated carbocycles. The molecule has 19 heavy (non-hydrogen) atoms. The van der Waals surface area contributed by atoms with E-state index in [0.29, 0.717) is 5.69 Å². The van der Waals surface area contributed by atoms with Crippen LogP contribution in [-0.4, -0.2) is 22.3 Å². The number of carboxylic acid groups (broad SMARTS) is 1. The highest BCUT2D eigenvalue weighted by Gasteiger charge is 2.14. The zero-order valence-electron chi connectivity index (χ0n) is 11.1. The Morgan fingerprint density at radius 3 is 2.68 bits per heavy atom. The van der Waals surface area contributed by atoms with Gasteiger partial charge in [0.1, 0.15) is 0 Å². The van der Waals surface area contributed by atoms with Crippen molar-refractivity contribution >= 4 is 5.97 Å². The number of rotatable bonds is 4. The minimum Gasteiger partial charge on any atom is -0.545 e. The number of quaternary nitrogens is 1. The van der Waals surface area contributed by atoms with E-state index in [1.165, 1.54) is 6.07 Å². The van der Waals surface area contributed by atoms with Crippen LogP contribution in [0.4, 0.5) is 0 Å². The van der Waals surface area contributed by atoms with Gasteiger partial charge in [0.25, 0.3) is 0 Å². The summed E-state index contributed by atoms with van der Waals surface area (Å²) >= 11 is 0. The summed E-state index contributed by atoms with van der Waals surface area (Å²) in [7, 11) is 0. The van der Waals surface area contributed by atoms with Gasteiger partial charge in [-0.3, -0.25) is 0 Å². The molecule has 100 valence electrons. The molecule has 0 bridgehead atoms. The normalized spacial score (nSPS) is 10.7. The molecular formula is C14H17N3O2. The third-order valence-electron chi connectivity index (χ3n) is 3.22. The van der Waals surface area contributed by atoms with Crippen molar-refractivity contribution in [2.24, 2.45) is 0 Å². The highest BCUT2D eigenvalue weighted by molar-refractivity contribution is 5.90. The molecule has 5 nitrogen and oxygen atoms in total. The van der Waals surface area contributed by atoms with E-state index in [0.717, 1.165) is 29.9 Å². The molecule has 0 aliphatic rings. The zero-order valence-corrected chi connectivity index (χ0v) is 11.1. The Morgan fingerprint density at radius 2 is 2.05 bits per heavy atom. The van der Waals surface area contributed by atoms with E-state index in [-0.39, 0.29) is 5.56 Å². The average molecular weight is 259 g/mol. The molecule has 0 atom stereocenters. The van der Waals surface area contributed by atoms with Gasteiger partial charge in [-0.25, -0.2) is 4.68 Å². The van der Waals surface area contributed by atoms with Crippen molar-refractivity contribution < 1.29 is 15.6 Å². The topological polar surface area (TPSA) is 85.6 Å². The minimum atomic E-state index is -1.19. The molecule has 0 unspecified atom stereocenters. The van der Waals surface area contributed by atoms with Gasteiger partial charge in [0.05, 0.1) is 23.9 Å². The second kappa shape index (κ2) is 5.24. The SMILES string of the molecule is Cc1nn(-c2ccccc2C(=O)[O-])c(C)c1CC[NH3+]. The minimum absolute atomic E-state index is 0.147. The molecule has 2 aromatic rings. The number of benzene rings is 1. The lowest BCUT2D eigenvalue weighted by atomic mass is 10.1. The monoisotopic (exact) mass is 259 g/mol. The van der Waals surface area contributed by atoms with Crippen LogP contribution < -0.4 is 10.8 Å². The van der Waals surface area contributed by atoms with E-state index in [1.54, 1.807) is 22.9 Å². The fourth-order valence-electron chi connectivity index (χ4n) is 2.28. The second-order valence-corrected chi connectivity index (χ2v) is 4.47. The number of carbonyl (C=O) groups excluding carboxylic acids is 1. The number of hydrogen-bond acceptors (Lipinski definition) is 3. The van der Waals surface area contributed by atoms with Crippen molar-refractivity contribution in [2.45, 2.75) is 20.3 Å². The summed E-state index contributed by atoms with van der Waals surface area (Å²) < 4.78 is 1.67. The van der Waals surface area contributed by atoms with E-state index in [9.17, 15) is 9.90 Å². The van der Waals surface area contributed by atoms with Gasteiger partial charge in [0, 0.05) is 23.2 Å². The van der Waals surface area contributed by atoms with Gasteiger partial charge < -0.3 is 15.6 Å². The van der Waals surface area contributed by atoms with Crippen molar-refractivity contribution in [3.63, 3.8) is 0 Å². The van der Waals surface area contributed by atoms with Crippen LogP contribution >= 0.6 is 0 Å². The summed E-state index contributed by atoms with van der Waals surface area (Å²) in [6.07, 6.45) is 0.838. The zero-order chi connectivity index (χ0) is 14.0. The highest BCUT2D eigenvalue weighted by atomic mass is 16.4. The molecule has 0 saturated heterocycles. The summed E-state index contributed by atoms with van der Waals surface area (Å²) in [4.78, 5) is 11.2. The predicted molar refractivity (Wildman–Crippen MR) is 68.8 cm³/mol. The van der Waals surface area contributed by atoms with Gasteiger partial charge in [-0.2, -0.15) is 5.10 Å². The summed E-state index contributed by atoms with van der Waals surface area (Å²) in [6.45, 7) is 4.66. The molecule has 0 aliphatic carbocycles. The van der Waals surface area contributed by atoms with Crippen LogP contribution in [0.25, 0.3) is 5.69 Å². The molecule has 3 N–H and O–H groups in total.